The molecular formula is C27H32N2O5. The maximum Gasteiger partial charge on any atom is 0.407 e. The van der Waals surface area contributed by atoms with Crippen LogP contribution < -0.4 is 5.32 Å². The molecule has 2 aromatic carbocycles. The summed E-state index contributed by atoms with van der Waals surface area (Å²) in [6.45, 7) is 2.70. The number of aliphatic carboxylic acids is 1. The number of carbonyl (C=O) groups excluding carboxylic acids is 2. The third-order valence-electron chi connectivity index (χ3n) is 6.85. The first-order chi connectivity index (χ1) is 16.5. The monoisotopic (exact) mass is 464 g/mol. The molecule has 2 aliphatic rings. The van der Waals surface area contributed by atoms with Crippen molar-refractivity contribution < 1.29 is 24.2 Å². The van der Waals surface area contributed by atoms with Gasteiger partial charge in [-0.15, -0.1) is 0 Å². The summed E-state index contributed by atoms with van der Waals surface area (Å²) in [4.78, 5) is 38.4. The molecule has 0 saturated carbocycles. The smallest absolute Gasteiger partial charge is 0.407 e. The van der Waals surface area contributed by atoms with Crippen LogP contribution in [0.3, 0.4) is 0 Å². The summed E-state index contributed by atoms with van der Waals surface area (Å²) in [7, 11) is 0. The molecule has 2 aromatic rings. The molecule has 1 saturated heterocycles. The van der Waals surface area contributed by atoms with E-state index in [1.54, 1.807) is 0 Å². The zero-order chi connectivity index (χ0) is 24.1. The molecule has 180 valence electrons. The summed E-state index contributed by atoms with van der Waals surface area (Å²) in [5.74, 6) is -1.24. The fourth-order valence-electron chi connectivity index (χ4n) is 5.13. The molecule has 2 N–H and O–H groups in total. The van der Waals surface area contributed by atoms with E-state index in [0.717, 1.165) is 35.1 Å². The van der Waals surface area contributed by atoms with Gasteiger partial charge in [0, 0.05) is 24.9 Å². The Labute approximate surface area is 200 Å². The Kier molecular flexibility index (Phi) is 7.50. The Balaban J connectivity index is 1.38. The van der Waals surface area contributed by atoms with E-state index in [1.165, 1.54) is 4.90 Å². The fourth-order valence-corrected chi connectivity index (χ4v) is 5.13. The van der Waals surface area contributed by atoms with Gasteiger partial charge in [0.1, 0.15) is 12.6 Å². The molecule has 2 amide bonds. The molecule has 4 rings (SSSR count). The number of benzene rings is 2. The number of ether oxygens (including phenoxy) is 1. The van der Waals surface area contributed by atoms with Crippen LogP contribution in [-0.4, -0.2) is 53.2 Å². The molecule has 2 atom stereocenters. The lowest BCUT2D eigenvalue weighted by Crippen LogP contribution is -2.45. The second-order valence-corrected chi connectivity index (χ2v) is 9.10. The van der Waals surface area contributed by atoms with Gasteiger partial charge in [0.2, 0.25) is 5.91 Å². The van der Waals surface area contributed by atoms with Crippen molar-refractivity contribution in [1.82, 2.24) is 10.2 Å². The number of carboxylic acids is 1. The predicted octanol–water partition coefficient (Wildman–Crippen LogP) is 4.55. The van der Waals surface area contributed by atoms with Crippen LogP contribution in [0.5, 0.6) is 0 Å². The van der Waals surface area contributed by atoms with Crippen molar-refractivity contribution >= 4 is 18.0 Å². The van der Waals surface area contributed by atoms with Crippen molar-refractivity contribution in [3.05, 3.63) is 59.7 Å². The molecule has 7 nitrogen and oxygen atoms in total. The van der Waals surface area contributed by atoms with Gasteiger partial charge in [0.25, 0.3) is 0 Å². The third kappa shape index (κ3) is 5.08. The SMILES string of the molecule is CCCC[C@H](CC(=O)N1CCCC1C(=O)O)NC(=O)OCC1c2ccccc2-c2ccccc21. The van der Waals surface area contributed by atoms with Gasteiger partial charge in [-0.2, -0.15) is 0 Å². The lowest BCUT2D eigenvalue weighted by atomic mass is 9.98. The Morgan fingerprint density at radius 2 is 1.74 bits per heavy atom. The molecule has 34 heavy (non-hydrogen) atoms. The summed E-state index contributed by atoms with van der Waals surface area (Å²) in [6.07, 6.45) is 3.10. The van der Waals surface area contributed by atoms with Crippen molar-refractivity contribution in [2.75, 3.05) is 13.2 Å². The topological polar surface area (TPSA) is 95.9 Å². The highest BCUT2D eigenvalue weighted by Crippen LogP contribution is 2.44. The van der Waals surface area contributed by atoms with Crippen molar-refractivity contribution in [3.63, 3.8) is 0 Å². The van der Waals surface area contributed by atoms with E-state index in [9.17, 15) is 19.5 Å². The molecule has 0 aromatic heterocycles. The van der Waals surface area contributed by atoms with Gasteiger partial charge in [0.15, 0.2) is 0 Å². The van der Waals surface area contributed by atoms with Gasteiger partial charge in [-0.1, -0.05) is 68.3 Å². The first-order valence-corrected chi connectivity index (χ1v) is 12.1. The quantitative estimate of drug-likeness (QED) is 0.568. The van der Waals surface area contributed by atoms with E-state index in [2.05, 4.69) is 29.6 Å². The van der Waals surface area contributed by atoms with Crippen LogP contribution in [0, 0.1) is 0 Å². The molecule has 0 radical (unpaired) electrons. The van der Waals surface area contributed by atoms with E-state index < -0.39 is 24.1 Å². The highest BCUT2D eigenvalue weighted by molar-refractivity contribution is 5.85. The standard InChI is InChI=1S/C27H32N2O5/c1-2-3-9-18(16-25(30)29-15-8-14-24(29)26(31)32)28-27(33)34-17-23-21-12-6-4-10-19(21)20-11-5-7-13-22(20)23/h4-7,10-13,18,23-24H,2-3,8-9,14-17H2,1H3,(H,28,33)(H,31,32)/t18-,24?/m1/s1. The predicted molar refractivity (Wildman–Crippen MR) is 129 cm³/mol. The Bertz CT molecular complexity index is 1010. The number of alkyl carbamates (subject to hydrolysis) is 1. The molecule has 1 aliphatic heterocycles. The van der Waals surface area contributed by atoms with Gasteiger partial charge in [-0.05, 0) is 41.5 Å². The van der Waals surface area contributed by atoms with Crippen LogP contribution in [-0.2, 0) is 14.3 Å². The van der Waals surface area contributed by atoms with E-state index in [4.69, 9.17) is 4.74 Å². The molecule has 1 heterocycles. The average molecular weight is 465 g/mol. The number of hydrogen-bond acceptors (Lipinski definition) is 4. The number of nitrogens with one attached hydrogen (secondary N) is 1. The Morgan fingerprint density at radius 1 is 1.09 bits per heavy atom. The second kappa shape index (κ2) is 10.7. The van der Waals surface area contributed by atoms with Gasteiger partial charge >= 0.3 is 12.1 Å². The maximum atomic E-state index is 12.8. The summed E-state index contributed by atoms with van der Waals surface area (Å²) >= 11 is 0. The summed E-state index contributed by atoms with van der Waals surface area (Å²) in [5, 5.41) is 12.2. The highest BCUT2D eigenvalue weighted by Gasteiger charge is 2.35. The number of nitrogens with zero attached hydrogens (tertiary/aromatic N) is 1. The van der Waals surface area contributed by atoms with Crippen molar-refractivity contribution in [1.29, 1.82) is 0 Å². The normalized spacial score (nSPS) is 17.7. The van der Waals surface area contributed by atoms with Crippen LogP contribution in [0.4, 0.5) is 4.79 Å². The largest absolute Gasteiger partial charge is 0.480 e. The number of rotatable bonds is 9. The number of amides is 2. The first kappa shape index (κ1) is 23.8. The van der Waals surface area contributed by atoms with Crippen LogP contribution in [0.25, 0.3) is 11.1 Å². The minimum atomic E-state index is -0.972. The summed E-state index contributed by atoms with van der Waals surface area (Å²) < 4.78 is 5.65. The van der Waals surface area contributed by atoms with Crippen molar-refractivity contribution in [2.24, 2.45) is 0 Å². The van der Waals surface area contributed by atoms with E-state index in [0.29, 0.717) is 25.8 Å². The number of carboxylic acid groups (broad SMARTS) is 1. The minimum absolute atomic E-state index is 0.0326. The van der Waals surface area contributed by atoms with Crippen molar-refractivity contribution in [2.45, 2.75) is 63.5 Å². The van der Waals surface area contributed by atoms with E-state index >= 15 is 0 Å². The zero-order valence-electron chi connectivity index (χ0n) is 19.5. The molecule has 0 spiro atoms. The second-order valence-electron chi connectivity index (χ2n) is 9.10. The zero-order valence-corrected chi connectivity index (χ0v) is 19.5. The van der Waals surface area contributed by atoms with E-state index in [1.807, 2.05) is 31.2 Å². The van der Waals surface area contributed by atoms with Crippen molar-refractivity contribution in [3.8, 4) is 11.1 Å². The van der Waals surface area contributed by atoms with Crippen LogP contribution in [0.15, 0.2) is 48.5 Å². The highest BCUT2D eigenvalue weighted by atomic mass is 16.5. The van der Waals surface area contributed by atoms with Crippen LogP contribution in [0.1, 0.15) is 62.5 Å². The van der Waals surface area contributed by atoms with Gasteiger partial charge < -0.3 is 20.1 Å². The van der Waals surface area contributed by atoms with Crippen LogP contribution in [0.2, 0.25) is 0 Å². The molecule has 0 bridgehead atoms. The molecule has 7 heteroatoms. The third-order valence-corrected chi connectivity index (χ3v) is 6.85. The molecule has 1 unspecified atom stereocenters. The molecular weight excluding hydrogens is 432 g/mol. The summed E-state index contributed by atoms with van der Waals surface area (Å²) in [6, 6.07) is 15.2. The maximum absolute atomic E-state index is 12.8. The molecule has 1 fully saturated rings. The summed E-state index contributed by atoms with van der Waals surface area (Å²) in [5.41, 5.74) is 4.61. The van der Waals surface area contributed by atoms with E-state index in [-0.39, 0.29) is 24.9 Å². The minimum Gasteiger partial charge on any atom is -0.480 e. The Morgan fingerprint density at radius 3 is 2.35 bits per heavy atom. The average Bonchev–Trinajstić information content (AvgIpc) is 3.45. The Hall–Kier alpha value is -3.35. The number of unbranched alkanes of at least 4 members (excludes halogenated alkanes) is 1. The lowest BCUT2D eigenvalue weighted by molar-refractivity contribution is -0.148. The number of likely N-dealkylation sites (tertiary alicyclic amines) is 1. The lowest BCUT2D eigenvalue weighted by Gasteiger charge is -2.25. The van der Waals surface area contributed by atoms with Gasteiger partial charge in [-0.25, -0.2) is 9.59 Å². The molecule has 1 aliphatic carbocycles. The van der Waals surface area contributed by atoms with Gasteiger partial charge in [0.05, 0.1) is 0 Å². The first-order valence-electron chi connectivity index (χ1n) is 12.1. The number of hydrogen-bond donors (Lipinski definition) is 2. The van der Waals surface area contributed by atoms with Gasteiger partial charge in [-0.3, -0.25) is 4.79 Å². The van der Waals surface area contributed by atoms with Crippen LogP contribution >= 0.6 is 0 Å². The number of fused-ring (bicyclic) bond motifs is 3. The number of carbonyl (C=O) groups is 3. The fraction of sp³-hybridized carbons (Fsp3) is 0.444.